The number of benzene rings is 2. The molecule has 0 aliphatic heterocycles. The maximum Gasteiger partial charge on any atom is 0.303 e. The van der Waals surface area contributed by atoms with Crippen LogP contribution < -0.4 is 4.74 Å². The van der Waals surface area contributed by atoms with Gasteiger partial charge in [-0.3, -0.25) is 14.6 Å². The minimum absolute atomic E-state index is 0.100. The third kappa shape index (κ3) is 5.27. The second-order valence-corrected chi connectivity index (χ2v) is 6.41. The molecule has 0 fully saturated rings. The zero-order chi connectivity index (χ0) is 19.8. The summed E-state index contributed by atoms with van der Waals surface area (Å²) in [6.07, 6.45) is 1.70. The molecule has 0 aliphatic rings. The number of rotatable bonds is 9. The fraction of sp³-hybridized carbons (Fsp3) is 0.174. The normalized spacial score (nSPS) is 11.6. The van der Waals surface area contributed by atoms with Crippen molar-refractivity contribution >= 4 is 11.8 Å². The molecule has 3 rings (SSSR count). The van der Waals surface area contributed by atoms with Gasteiger partial charge in [0.15, 0.2) is 5.78 Å². The number of hydrogen-bond donors (Lipinski definition) is 1. The quantitative estimate of drug-likeness (QED) is 0.558. The molecule has 1 heterocycles. The van der Waals surface area contributed by atoms with Crippen LogP contribution in [0.15, 0.2) is 79.0 Å². The zero-order valence-corrected chi connectivity index (χ0v) is 15.3. The smallest absolute Gasteiger partial charge is 0.303 e. The average molecular weight is 375 g/mol. The number of carboxylic acid groups (broad SMARTS) is 1. The van der Waals surface area contributed by atoms with E-state index in [0.717, 1.165) is 5.56 Å². The first-order chi connectivity index (χ1) is 13.6. The number of nitrogens with zero attached hydrogens (tertiary/aromatic N) is 1. The van der Waals surface area contributed by atoms with Crippen molar-refractivity contribution in [2.75, 3.05) is 0 Å². The van der Waals surface area contributed by atoms with E-state index in [9.17, 15) is 9.59 Å². The minimum atomic E-state index is -0.936. The van der Waals surface area contributed by atoms with E-state index in [1.54, 1.807) is 48.7 Å². The van der Waals surface area contributed by atoms with E-state index in [1.807, 2.05) is 30.3 Å². The number of carboxylic acids is 1. The summed E-state index contributed by atoms with van der Waals surface area (Å²) in [7, 11) is 0. The lowest BCUT2D eigenvalue weighted by atomic mass is 9.90. The van der Waals surface area contributed by atoms with E-state index in [2.05, 4.69) is 4.98 Å². The molecular weight excluding hydrogens is 354 g/mol. The Morgan fingerprint density at radius 2 is 1.75 bits per heavy atom. The second-order valence-electron chi connectivity index (χ2n) is 6.41. The van der Waals surface area contributed by atoms with Gasteiger partial charge in [0, 0.05) is 18.2 Å². The van der Waals surface area contributed by atoms with Crippen molar-refractivity contribution in [2.24, 2.45) is 0 Å². The highest BCUT2D eigenvalue weighted by Crippen LogP contribution is 2.26. The summed E-state index contributed by atoms with van der Waals surface area (Å²) < 4.78 is 5.80. The van der Waals surface area contributed by atoms with E-state index >= 15 is 0 Å². The second kappa shape index (κ2) is 9.46. The molecule has 3 aromatic rings. The number of ketones is 1. The van der Waals surface area contributed by atoms with Crippen molar-refractivity contribution in [3.8, 4) is 5.75 Å². The Morgan fingerprint density at radius 3 is 2.46 bits per heavy atom. The van der Waals surface area contributed by atoms with Gasteiger partial charge < -0.3 is 9.84 Å². The summed E-state index contributed by atoms with van der Waals surface area (Å²) in [6, 6.07) is 22.1. The number of hydrogen-bond acceptors (Lipinski definition) is 4. The molecule has 2 aromatic carbocycles. The third-order valence-electron chi connectivity index (χ3n) is 4.38. The van der Waals surface area contributed by atoms with Gasteiger partial charge in [0.05, 0.1) is 11.6 Å². The van der Waals surface area contributed by atoms with E-state index in [0.29, 0.717) is 23.6 Å². The molecule has 1 aromatic heterocycles. The Hall–Kier alpha value is -3.47. The topological polar surface area (TPSA) is 76.5 Å². The van der Waals surface area contributed by atoms with Crippen LogP contribution in [0.1, 0.15) is 40.4 Å². The van der Waals surface area contributed by atoms with Crippen molar-refractivity contribution in [3.05, 3.63) is 95.8 Å². The number of carbonyl (C=O) groups is 2. The highest BCUT2D eigenvalue weighted by atomic mass is 16.5. The van der Waals surface area contributed by atoms with Gasteiger partial charge in [0.2, 0.25) is 0 Å². The van der Waals surface area contributed by atoms with Crippen LogP contribution in [0.4, 0.5) is 0 Å². The molecule has 0 bridgehead atoms. The molecule has 0 aliphatic carbocycles. The monoisotopic (exact) mass is 375 g/mol. The molecule has 28 heavy (non-hydrogen) atoms. The molecule has 0 radical (unpaired) electrons. The van der Waals surface area contributed by atoms with Gasteiger partial charge in [0.1, 0.15) is 12.4 Å². The van der Waals surface area contributed by atoms with Crippen molar-refractivity contribution < 1.29 is 19.4 Å². The van der Waals surface area contributed by atoms with Gasteiger partial charge >= 0.3 is 5.97 Å². The summed E-state index contributed by atoms with van der Waals surface area (Å²) in [4.78, 5) is 28.4. The van der Waals surface area contributed by atoms with E-state index in [-0.39, 0.29) is 18.6 Å². The van der Waals surface area contributed by atoms with Crippen molar-refractivity contribution in [1.82, 2.24) is 4.98 Å². The van der Waals surface area contributed by atoms with Crippen LogP contribution in [0.3, 0.4) is 0 Å². The first-order valence-corrected chi connectivity index (χ1v) is 9.07. The van der Waals surface area contributed by atoms with Crippen molar-refractivity contribution in [2.45, 2.75) is 25.4 Å². The fourth-order valence-electron chi connectivity index (χ4n) is 2.94. The predicted octanol–water partition coefficient (Wildman–Crippen LogP) is 4.49. The van der Waals surface area contributed by atoms with Crippen molar-refractivity contribution in [3.63, 3.8) is 0 Å². The van der Waals surface area contributed by atoms with Gasteiger partial charge in [-0.2, -0.15) is 0 Å². The average Bonchev–Trinajstić information content (AvgIpc) is 2.74. The largest absolute Gasteiger partial charge is 0.489 e. The van der Waals surface area contributed by atoms with Gasteiger partial charge in [-0.05, 0) is 36.2 Å². The number of Topliss-reactive ketones (excluding diaryl/α,β-unsaturated/α-hetero) is 1. The Kier molecular flexibility index (Phi) is 6.52. The summed E-state index contributed by atoms with van der Waals surface area (Å²) in [5, 5.41) is 9.03. The van der Waals surface area contributed by atoms with Gasteiger partial charge in [-0.1, -0.05) is 48.5 Å². The molecule has 1 atom stereocenters. The molecule has 142 valence electrons. The van der Waals surface area contributed by atoms with Crippen LogP contribution in [-0.2, 0) is 11.4 Å². The minimum Gasteiger partial charge on any atom is -0.489 e. The number of aliphatic carboxylic acids is 1. The lowest BCUT2D eigenvalue weighted by Crippen LogP contribution is -2.16. The van der Waals surface area contributed by atoms with Crippen LogP contribution in [-0.4, -0.2) is 21.8 Å². The summed E-state index contributed by atoms with van der Waals surface area (Å²) >= 11 is 0. The first-order valence-electron chi connectivity index (χ1n) is 9.07. The van der Waals surface area contributed by atoms with Crippen LogP contribution in [0, 0.1) is 0 Å². The van der Waals surface area contributed by atoms with Crippen LogP contribution >= 0.6 is 0 Å². The van der Waals surface area contributed by atoms with Crippen LogP contribution in [0.25, 0.3) is 0 Å². The number of pyridine rings is 1. The molecule has 0 amide bonds. The summed E-state index contributed by atoms with van der Waals surface area (Å²) in [6.45, 7) is 0.404. The maximum atomic E-state index is 13.1. The van der Waals surface area contributed by atoms with Gasteiger partial charge in [-0.15, -0.1) is 0 Å². The number of carbonyl (C=O) groups excluding carboxylic acids is 1. The SMILES string of the molecule is O=C(O)CCC(C(=O)c1cccc(OCc2ccccc2)c1)c1ccccn1. The Labute approximate surface area is 163 Å². The fourth-order valence-corrected chi connectivity index (χ4v) is 2.94. The highest BCUT2D eigenvalue weighted by molar-refractivity contribution is 6.01. The van der Waals surface area contributed by atoms with Gasteiger partial charge in [-0.25, -0.2) is 0 Å². The maximum absolute atomic E-state index is 13.1. The Morgan fingerprint density at radius 1 is 0.964 bits per heavy atom. The lowest BCUT2D eigenvalue weighted by molar-refractivity contribution is -0.137. The van der Waals surface area contributed by atoms with E-state index in [4.69, 9.17) is 9.84 Å². The van der Waals surface area contributed by atoms with E-state index in [1.165, 1.54) is 0 Å². The van der Waals surface area contributed by atoms with Crippen LogP contribution in [0.5, 0.6) is 5.75 Å². The predicted molar refractivity (Wildman–Crippen MR) is 105 cm³/mol. The number of aromatic nitrogens is 1. The number of ether oxygens (including phenoxy) is 1. The zero-order valence-electron chi connectivity index (χ0n) is 15.3. The highest BCUT2D eigenvalue weighted by Gasteiger charge is 2.24. The van der Waals surface area contributed by atoms with Crippen molar-refractivity contribution in [1.29, 1.82) is 0 Å². The Balaban J connectivity index is 1.77. The standard InChI is InChI=1S/C23H21NO4/c25-22(26)13-12-20(21-11-4-5-14-24-21)23(27)18-9-6-10-19(15-18)28-16-17-7-2-1-3-8-17/h1-11,14-15,20H,12-13,16H2,(H,25,26). The third-order valence-corrected chi connectivity index (χ3v) is 4.38. The lowest BCUT2D eigenvalue weighted by Gasteiger charge is -2.15. The Bertz CT molecular complexity index is 926. The molecule has 0 spiro atoms. The summed E-state index contributed by atoms with van der Waals surface area (Å²) in [5.74, 6) is -1.12. The molecule has 5 nitrogen and oxygen atoms in total. The van der Waals surface area contributed by atoms with Gasteiger partial charge in [0.25, 0.3) is 0 Å². The van der Waals surface area contributed by atoms with E-state index < -0.39 is 11.9 Å². The molecule has 1 N–H and O–H groups in total. The first kappa shape index (κ1) is 19.3. The van der Waals surface area contributed by atoms with Crippen LogP contribution in [0.2, 0.25) is 0 Å². The molecule has 0 saturated heterocycles. The molecular formula is C23H21NO4. The molecule has 0 saturated carbocycles. The molecule has 5 heteroatoms. The summed E-state index contributed by atoms with van der Waals surface area (Å²) in [5.41, 5.74) is 2.09. The molecule has 1 unspecified atom stereocenters.